The van der Waals surface area contributed by atoms with Crippen LogP contribution in [0.5, 0.6) is 0 Å². The smallest absolute Gasteiger partial charge is 0.227 e. The molecule has 82 valence electrons. The first-order valence-electron chi connectivity index (χ1n) is 4.80. The van der Waals surface area contributed by atoms with Crippen LogP contribution in [0.1, 0.15) is 20.3 Å². The first-order chi connectivity index (χ1) is 7.04. The SMILES string of the molecule is CCC(C)C(=O)Nc1ccc(F)c(F)c1. The quantitative estimate of drug-likeness (QED) is 0.821. The maximum Gasteiger partial charge on any atom is 0.227 e. The summed E-state index contributed by atoms with van der Waals surface area (Å²) < 4.78 is 25.4. The average Bonchev–Trinajstić information content (AvgIpc) is 2.22. The van der Waals surface area contributed by atoms with Crippen molar-refractivity contribution in [3.8, 4) is 0 Å². The Labute approximate surface area is 87.3 Å². The van der Waals surface area contributed by atoms with E-state index in [2.05, 4.69) is 5.32 Å². The summed E-state index contributed by atoms with van der Waals surface area (Å²) in [5.41, 5.74) is 0.277. The Bertz CT molecular complexity index is 366. The van der Waals surface area contributed by atoms with Crippen molar-refractivity contribution in [2.24, 2.45) is 5.92 Å². The molecule has 0 aliphatic rings. The summed E-state index contributed by atoms with van der Waals surface area (Å²) in [6.07, 6.45) is 0.704. The number of nitrogens with one attached hydrogen (secondary N) is 1. The van der Waals surface area contributed by atoms with E-state index < -0.39 is 11.6 Å². The number of rotatable bonds is 3. The summed E-state index contributed by atoms with van der Waals surface area (Å²) in [6, 6.07) is 3.29. The fourth-order valence-electron chi connectivity index (χ4n) is 1.02. The van der Waals surface area contributed by atoms with Gasteiger partial charge in [0.2, 0.25) is 5.91 Å². The van der Waals surface area contributed by atoms with Crippen LogP contribution in [0.3, 0.4) is 0 Å². The van der Waals surface area contributed by atoms with Crippen molar-refractivity contribution >= 4 is 11.6 Å². The third-order valence-corrected chi connectivity index (χ3v) is 2.25. The van der Waals surface area contributed by atoms with Crippen molar-refractivity contribution in [2.45, 2.75) is 20.3 Å². The molecule has 0 saturated heterocycles. The van der Waals surface area contributed by atoms with Gasteiger partial charge in [0, 0.05) is 17.7 Å². The van der Waals surface area contributed by atoms with Crippen molar-refractivity contribution < 1.29 is 13.6 Å². The highest BCUT2D eigenvalue weighted by Crippen LogP contribution is 2.14. The minimum atomic E-state index is -0.961. The molecule has 0 aromatic heterocycles. The number of carbonyl (C=O) groups excluding carboxylic acids is 1. The lowest BCUT2D eigenvalue weighted by Crippen LogP contribution is -2.19. The second-order valence-electron chi connectivity index (χ2n) is 3.43. The summed E-state index contributed by atoms with van der Waals surface area (Å²) in [5, 5.41) is 2.52. The molecular weight excluding hydrogens is 200 g/mol. The van der Waals surface area contributed by atoms with Crippen LogP contribution < -0.4 is 5.32 Å². The molecule has 1 rings (SSSR count). The van der Waals surface area contributed by atoms with E-state index >= 15 is 0 Å². The van der Waals surface area contributed by atoms with E-state index in [-0.39, 0.29) is 17.5 Å². The maximum atomic E-state index is 12.8. The first kappa shape index (κ1) is 11.6. The summed E-state index contributed by atoms with van der Waals surface area (Å²) in [5.74, 6) is -2.21. The molecule has 15 heavy (non-hydrogen) atoms. The Morgan fingerprint density at radius 1 is 1.40 bits per heavy atom. The first-order valence-corrected chi connectivity index (χ1v) is 4.80. The predicted octanol–water partition coefficient (Wildman–Crippen LogP) is 2.95. The number of hydrogen-bond donors (Lipinski definition) is 1. The highest BCUT2D eigenvalue weighted by atomic mass is 19.2. The third-order valence-electron chi connectivity index (χ3n) is 2.25. The number of hydrogen-bond acceptors (Lipinski definition) is 1. The summed E-state index contributed by atoms with van der Waals surface area (Å²) in [6.45, 7) is 3.66. The second-order valence-corrected chi connectivity index (χ2v) is 3.43. The van der Waals surface area contributed by atoms with Crippen LogP contribution in [0.4, 0.5) is 14.5 Å². The van der Waals surface area contributed by atoms with E-state index in [9.17, 15) is 13.6 Å². The Balaban J connectivity index is 2.73. The molecule has 4 heteroatoms. The van der Waals surface area contributed by atoms with Crippen molar-refractivity contribution in [2.75, 3.05) is 5.32 Å². The van der Waals surface area contributed by atoms with Crippen LogP contribution in [-0.4, -0.2) is 5.91 Å². The lowest BCUT2D eigenvalue weighted by atomic mass is 10.1. The van der Waals surface area contributed by atoms with E-state index in [0.717, 1.165) is 12.1 Å². The molecule has 0 heterocycles. The predicted molar refractivity (Wildman–Crippen MR) is 54.4 cm³/mol. The van der Waals surface area contributed by atoms with Crippen LogP contribution in [0.25, 0.3) is 0 Å². The molecule has 1 amide bonds. The molecule has 2 nitrogen and oxygen atoms in total. The van der Waals surface area contributed by atoms with E-state index in [1.54, 1.807) is 6.92 Å². The van der Waals surface area contributed by atoms with Crippen molar-refractivity contribution in [1.82, 2.24) is 0 Å². The van der Waals surface area contributed by atoms with Gasteiger partial charge in [-0.1, -0.05) is 13.8 Å². The van der Waals surface area contributed by atoms with Gasteiger partial charge in [-0.15, -0.1) is 0 Å². The lowest BCUT2D eigenvalue weighted by Gasteiger charge is -2.09. The van der Waals surface area contributed by atoms with Crippen LogP contribution in [0, 0.1) is 17.6 Å². The molecule has 0 saturated carbocycles. The molecule has 0 spiro atoms. The average molecular weight is 213 g/mol. The molecule has 0 fully saturated rings. The van der Waals surface area contributed by atoms with Gasteiger partial charge in [0.05, 0.1) is 0 Å². The molecule has 1 aromatic rings. The van der Waals surface area contributed by atoms with Gasteiger partial charge >= 0.3 is 0 Å². The van der Waals surface area contributed by atoms with Crippen molar-refractivity contribution in [3.05, 3.63) is 29.8 Å². The van der Waals surface area contributed by atoms with Crippen molar-refractivity contribution in [1.29, 1.82) is 0 Å². The van der Waals surface area contributed by atoms with Gasteiger partial charge in [0.25, 0.3) is 0 Å². The summed E-state index contributed by atoms with van der Waals surface area (Å²) >= 11 is 0. The lowest BCUT2D eigenvalue weighted by molar-refractivity contribution is -0.119. The molecule has 0 aliphatic carbocycles. The Hall–Kier alpha value is -1.45. The van der Waals surface area contributed by atoms with E-state index in [1.165, 1.54) is 6.07 Å². The van der Waals surface area contributed by atoms with Gasteiger partial charge in [-0.3, -0.25) is 4.79 Å². The number of anilines is 1. The van der Waals surface area contributed by atoms with Crippen LogP contribution in [0.15, 0.2) is 18.2 Å². The Kier molecular flexibility index (Phi) is 3.77. The van der Waals surface area contributed by atoms with Crippen molar-refractivity contribution in [3.63, 3.8) is 0 Å². The van der Waals surface area contributed by atoms with Gasteiger partial charge < -0.3 is 5.32 Å². The van der Waals surface area contributed by atoms with E-state index in [1.807, 2.05) is 6.92 Å². The van der Waals surface area contributed by atoms with Gasteiger partial charge in [-0.25, -0.2) is 8.78 Å². The second kappa shape index (κ2) is 4.87. The number of amides is 1. The summed E-state index contributed by atoms with van der Waals surface area (Å²) in [4.78, 5) is 11.4. The fraction of sp³-hybridized carbons (Fsp3) is 0.364. The minimum absolute atomic E-state index is 0.141. The number of halogens is 2. The topological polar surface area (TPSA) is 29.1 Å². The number of benzene rings is 1. The van der Waals surface area contributed by atoms with Gasteiger partial charge in [-0.05, 0) is 18.6 Å². The molecular formula is C11H13F2NO. The highest BCUT2D eigenvalue weighted by Gasteiger charge is 2.11. The third kappa shape index (κ3) is 3.01. The molecule has 0 aliphatic heterocycles. The maximum absolute atomic E-state index is 12.8. The highest BCUT2D eigenvalue weighted by molar-refractivity contribution is 5.92. The van der Waals surface area contributed by atoms with Crippen LogP contribution in [-0.2, 0) is 4.79 Å². The number of carbonyl (C=O) groups is 1. The molecule has 1 atom stereocenters. The van der Waals surface area contributed by atoms with E-state index in [0.29, 0.717) is 6.42 Å². The van der Waals surface area contributed by atoms with Gasteiger partial charge in [0.15, 0.2) is 11.6 Å². The zero-order valence-electron chi connectivity index (χ0n) is 8.68. The minimum Gasteiger partial charge on any atom is -0.326 e. The van der Waals surface area contributed by atoms with E-state index in [4.69, 9.17) is 0 Å². The van der Waals surface area contributed by atoms with Gasteiger partial charge in [0.1, 0.15) is 0 Å². The molecule has 0 bridgehead atoms. The normalized spacial score (nSPS) is 12.3. The Morgan fingerprint density at radius 2 is 2.07 bits per heavy atom. The largest absolute Gasteiger partial charge is 0.326 e. The molecule has 1 aromatic carbocycles. The zero-order chi connectivity index (χ0) is 11.4. The fourth-order valence-corrected chi connectivity index (χ4v) is 1.02. The molecule has 1 N–H and O–H groups in total. The monoisotopic (exact) mass is 213 g/mol. The van der Waals surface area contributed by atoms with Crippen LogP contribution >= 0.6 is 0 Å². The van der Waals surface area contributed by atoms with Crippen LogP contribution in [0.2, 0.25) is 0 Å². The summed E-state index contributed by atoms with van der Waals surface area (Å²) in [7, 11) is 0. The zero-order valence-corrected chi connectivity index (χ0v) is 8.68. The molecule has 0 radical (unpaired) electrons. The Morgan fingerprint density at radius 3 is 2.60 bits per heavy atom. The van der Waals surface area contributed by atoms with Gasteiger partial charge in [-0.2, -0.15) is 0 Å². The standard InChI is InChI=1S/C11H13F2NO/c1-3-7(2)11(15)14-8-4-5-9(12)10(13)6-8/h4-7H,3H2,1-2H3,(H,14,15). The molecule has 1 unspecified atom stereocenters.